The molecule has 0 aliphatic heterocycles. The molecule has 2 aromatic rings. The van der Waals surface area contributed by atoms with Gasteiger partial charge in [0, 0.05) is 10.5 Å². The minimum absolute atomic E-state index is 0.0194. The largest absolute Gasteiger partial charge is 0.479 e. The van der Waals surface area contributed by atoms with E-state index in [1.807, 2.05) is 49.4 Å². The summed E-state index contributed by atoms with van der Waals surface area (Å²) in [7, 11) is 0. The summed E-state index contributed by atoms with van der Waals surface area (Å²) in [6.07, 6.45) is 3.23. The summed E-state index contributed by atoms with van der Waals surface area (Å²) in [4.78, 5) is 12.0. The van der Waals surface area contributed by atoms with Crippen LogP contribution in [0.3, 0.4) is 0 Å². The van der Waals surface area contributed by atoms with Crippen LogP contribution in [-0.4, -0.2) is 12.5 Å². The monoisotopic (exact) mass is 384 g/mol. The Morgan fingerprint density at radius 2 is 1.92 bits per heavy atom. The first kappa shape index (κ1) is 17.8. The van der Waals surface area contributed by atoms with Crippen LogP contribution in [0.5, 0.6) is 5.75 Å². The fourth-order valence-electron chi connectivity index (χ4n) is 2.06. The van der Waals surface area contributed by atoms with Gasteiger partial charge in [-0.1, -0.05) is 40.2 Å². The standard InChI is InChI=1S/C19H17BrN2O2/c1-14(16-5-7-17(20)8-6-16)22-19(23)11-4-15-2-9-18(10-3-15)24-13-12-21/h2-11,14H,13H2,1H3,(H,22,23). The number of halogens is 1. The number of nitriles is 1. The summed E-state index contributed by atoms with van der Waals surface area (Å²) in [6, 6.07) is 16.9. The van der Waals surface area contributed by atoms with Crippen molar-refractivity contribution in [2.45, 2.75) is 13.0 Å². The van der Waals surface area contributed by atoms with Gasteiger partial charge in [-0.3, -0.25) is 4.79 Å². The van der Waals surface area contributed by atoms with Crippen LogP contribution in [0, 0.1) is 11.3 Å². The predicted octanol–water partition coefficient (Wildman–Crippen LogP) is 4.24. The molecule has 24 heavy (non-hydrogen) atoms. The zero-order valence-electron chi connectivity index (χ0n) is 13.2. The van der Waals surface area contributed by atoms with Gasteiger partial charge in [-0.25, -0.2) is 0 Å². The van der Waals surface area contributed by atoms with Gasteiger partial charge in [-0.05, 0) is 48.4 Å². The van der Waals surface area contributed by atoms with Gasteiger partial charge in [-0.2, -0.15) is 5.26 Å². The predicted molar refractivity (Wildman–Crippen MR) is 97.3 cm³/mol. The van der Waals surface area contributed by atoms with Gasteiger partial charge < -0.3 is 10.1 Å². The van der Waals surface area contributed by atoms with Gasteiger partial charge in [0.2, 0.25) is 5.91 Å². The first-order chi connectivity index (χ1) is 11.6. The summed E-state index contributed by atoms with van der Waals surface area (Å²) in [5, 5.41) is 11.4. The highest BCUT2D eigenvalue weighted by Crippen LogP contribution is 2.17. The fourth-order valence-corrected chi connectivity index (χ4v) is 2.32. The number of benzene rings is 2. The Morgan fingerprint density at radius 1 is 1.25 bits per heavy atom. The molecule has 0 bridgehead atoms. The molecule has 0 aliphatic carbocycles. The topological polar surface area (TPSA) is 62.1 Å². The van der Waals surface area contributed by atoms with Crippen molar-refractivity contribution in [1.29, 1.82) is 5.26 Å². The van der Waals surface area contributed by atoms with Gasteiger partial charge in [0.15, 0.2) is 6.61 Å². The Bertz CT molecular complexity index is 746. The fraction of sp³-hybridized carbons (Fsp3) is 0.158. The van der Waals surface area contributed by atoms with Crippen LogP contribution in [0.15, 0.2) is 59.1 Å². The quantitative estimate of drug-likeness (QED) is 0.757. The lowest BCUT2D eigenvalue weighted by atomic mass is 10.1. The maximum absolute atomic E-state index is 12.0. The van der Waals surface area contributed by atoms with E-state index in [0.717, 1.165) is 15.6 Å². The number of carbonyl (C=O) groups excluding carboxylic acids is 1. The summed E-state index contributed by atoms with van der Waals surface area (Å²) < 4.78 is 6.18. The van der Waals surface area contributed by atoms with E-state index in [4.69, 9.17) is 10.00 Å². The van der Waals surface area contributed by atoms with E-state index >= 15 is 0 Å². The molecule has 5 heteroatoms. The van der Waals surface area contributed by atoms with Crippen molar-refractivity contribution in [3.8, 4) is 11.8 Å². The molecule has 0 spiro atoms. The Kier molecular flexibility index (Phi) is 6.59. The Labute approximate surface area is 149 Å². The van der Waals surface area contributed by atoms with Crippen molar-refractivity contribution < 1.29 is 9.53 Å². The van der Waals surface area contributed by atoms with E-state index in [1.165, 1.54) is 6.08 Å². The van der Waals surface area contributed by atoms with Crippen molar-refractivity contribution in [2.24, 2.45) is 0 Å². The second-order valence-corrected chi connectivity index (χ2v) is 6.05. The van der Waals surface area contributed by atoms with Crippen molar-refractivity contribution in [3.63, 3.8) is 0 Å². The highest BCUT2D eigenvalue weighted by molar-refractivity contribution is 9.10. The molecule has 0 saturated carbocycles. The number of carbonyl (C=O) groups is 1. The zero-order valence-corrected chi connectivity index (χ0v) is 14.8. The van der Waals surface area contributed by atoms with Gasteiger partial charge in [0.1, 0.15) is 11.8 Å². The first-order valence-corrected chi connectivity index (χ1v) is 8.21. The van der Waals surface area contributed by atoms with Crippen LogP contribution in [0.25, 0.3) is 6.08 Å². The highest BCUT2D eigenvalue weighted by Gasteiger charge is 2.07. The van der Waals surface area contributed by atoms with E-state index in [9.17, 15) is 4.79 Å². The molecule has 1 atom stereocenters. The Hall–Kier alpha value is -2.58. The van der Waals surface area contributed by atoms with E-state index < -0.39 is 0 Å². The number of hydrogen-bond donors (Lipinski definition) is 1. The minimum atomic E-state index is -0.157. The molecule has 0 aromatic heterocycles. The normalized spacial score (nSPS) is 11.7. The van der Waals surface area contributed by atoms with Crippen molar-refractivity contribution in [1.82, 2.24) is 5.32 Å². The van der Waals surface area contributed by atoms with E-state index in [1.54, 1.807) is 18.2 Å². The lowest BCUT2D eigenvalue weighted by Gasteiger charge is -2.12. The molecule has 1 unspecified atom stereocenters. The second kappa shape index (κ2) is 8.90. The lowest BCUT2D eigenvalue weighted by molar-refractivity contribution is -0.117. The molecule has 122 valence electrons. The number of ether oxygens (including phenoxy) is 1. The molecule has 0 saturated heterocycles. The summed E-state index contributed by atoms with van der Waals surface area (Å²) in [6.45, 7) is 1.96. The molecule has 0 fully saturated rings. The minimum Gasteiger partial charge on any atom is -0.479 e. The average Bonchev–Trinajstić information content (AvgIpc) is 2.59. The summed E-state index contributed by atoms with van der Waals surface area (Å²) in [5.74, 6) is 0.470. The van der Waals surface area contributed by atoms with Crippen LogP contribution in [0.1, 0.15) is 24.1 Å². The number of nitrogens with zero attached hydrogens (tertiary/aromatic N) is 1. The van der Waals surface area contributed by atoms with Crippen molar-refractivity contribution >= 4 is 27.9 Å². The van der Waals surface area contributed by atoms with Crippen LogP contribution < -0.4 is 10.1 Å². The van der Waals surface area contributed by atoms with Gasteiger partial charge >= 0.3 is 0 Å². The molecular formula is C19H17BrN2O2. The summed E-state index contributed by atoms with van der Waals surface area (Å²) >= 11 is 3.39. The molecule has 4 nitrogen and oxygen atoms in total. The second-order valence-electron chi connectivity index (χ2n) is 5.13. The lowest BCUT2D eigenvalue weighted by Crippen LogP contribution is -2.24. The van der Waals surface area contributed by atoms with Crippen molar-refractivity contribution in [2.75, 3.05) is 6.61 Å². The zero-order chi connectivity index (χ0) is 17.4. The Morgan fingerprint density at radius 3 is 2.54 bits per heavy atom. The third kappa shape index (κ3) is 5.56. The summed E-state index contributed by atoms with van der Waals surface area (Å²) in [5.41, 5.74) is 1.92. The molecule has 0 heterocycles. The Balaban J connectivity index is 1.90. The number of amides is 1. The highest BCUT2D eigenvalue weighted by atomic mass is 79.9. The molecule has 1 N–H and O–H groups in total. The van der Waals surface area contributed by atoms with Crippen LogP contribution >= 0.6 is 15.9 Å². The maximum Gasteiger partial charge on any atom is 0.244 e. The number of nitrogens with one attached hydrogen (secondary N) is 1. The van der Waals surface area contributed by atoms with Crippen LogP contribution in [0.4, 0.5) is 0 Å². The number of hydrogen-bond acceptors (Lipinski definition) is 3. The third-order valence-corrected chi connectivity index (χ3v) is 3.87. The molecule has 1 amide bonds. The smallest absolute Gasteiger partial charge is 0.244 e. The molecule has 0 radical (unpaired) electrons. The average molecular weight is 385 g/mol. The molecule has 2 rings (SSSR count). The molecule has 0 aliphatic rings. The van der Waals surface area contributed by atoms with E-state index in [-0.39, 0.29) is 18.6 Å². The van der Waals surface area contributed by atoms with Crippen LogP contribution in [-0.2, 0) is 4.79 Å². The van der Waals surface area contributed by atoms with E-state index in [2.05, 4.69) is 21.2 Å². The molecule has 2 aromatic carbocycles. The van der Waals surface area contributed by atoms with Gasteiger partial charge in [0.05, 0.1) is 6.04 Å². The third-order valence-electron chi connectivity index (χ3n) is 3.34. The van der Waals surface area contributed by atoms with Crippen LogP contribution in [0.2, 0.25) is 0 Å². The van der Waals surface area contributed by atoms with E-state index in [0.29, 0.717) is 5.75 Å². The molecular weight excluding hydrogens is 368 g/mol. The SMILES string of the molecule is CC(NC(=O)C=Cc1ccc(OCC#N)cc1)c1ccc(Br)cc1. The van der Waals surface area contributed by atoms with Gasteiger partial charge in [-0.15, -0.1) is 0 Å². The van der Waals surface area contributed by atoms with Gasteiger partial charge in [0.25, 0.3) is 0 Å². The first-order valence-electron chi connectivity index (χ1n) is 7.42. The maximum atomic E-state index is 12.0. The van der Waals surface area contributed by atoms with Crippen molar-refractivity contribution in [3.05, 3.63) is 70.2 Å². The number of rotatable bonds is 6.